The largest absolute Gasteiger partial charge is 0.377 e. The third kappa shape index (κ3) is 8.08. The lowest BCUT2D eigenvalue weighted by Gasteiger charge is -2.27. The van der Waals surface area contributed by atoms with Crippen molar-refractivity contribution < 1.29 is 4.74 Å². The van der Waals surface area contributed by atoms with E-state index >= 15 is 0 Å². The summed E-state index contributed by atoms with van der Waals surface area (Å²) in [5, 5.41) is 3.53. The van der Waals surface area contributed by atoms with Gasteiger partial charge in [0.2, 0.25) is 0 Å². The van der Waals surface area contributed by atoms with Crippen LogP contribution in [0.4, 0.5) is 0 Å². The average molecular weight is 230 g/mol. The van der Waals surface area contributed by atoms with E-state index < -0.39 is 0 Å². The lowest BCUT2D eigenvalue weighted by atomic mass is 10.0. The summed E-state index contributed by atoms with van der Waals surface area (Å²) in [6.07, 6.45) is 0.336. The van der Waals surface area contributed by atoms with Crippen molar-refractivity contribution in [3.05, 3.63) is 0 Å². The summed E-state index contributed by atoms with van der Waals surface area (Å²) in [7, 11) is 2.16. The average Bonchev–Trinajstić information content (AvgIpc) is 2.16. The molecule has 0 aliphatic heterocycles. The van der Waals surface area contributed by atoms with Crippen LogP contribution in [0.3, 0.4) is 0 Å². The second-order valence-electron chi connectivity index (χ2n) is 5.09. The van der Waals surface area contributed by atoms with Gasteiger partial charge in [0, 0.05) is 19.1 Å². The molecule has 0 aromatic carbocycles. The molecule has 3 nitrogen and oxygen atoms in total. The molecular weight excluding hydrogens is 200 g/mol. The van der Waals surface area contributed by atoms with Crippen molar-refractivity contribution in [1.82, 2.24) is 10.2 Å². The van der Waals surface area contributed by atoms with Crippen molar-refractivity contribution in [3.8, 4) is 0 Å². The van der Waals surface area contributed by atoms with Gasteiger partial charge in [-0.3, -0.25) is 0 Å². The molecule has 0 saturated carbocycles. The number of ether oxygens (including phenoxy) is 1. The molecule has 3 heteroatoms. The number of hydrogen-bond acceptors (Lipinski definition) is 3. The van der Waals surface area contributed by atoms with Crippen molar-refractivity contribution in [1.29, 1.82) is 0 Å². The summed E-state index contributed by atoms with van der Waals surface area (Å²) in [6.45, 7) is 14.8. The Kier molecular flexibility index (Phi) is 8.90. The number of hydrogen-bond donors (Lipinski definition) is 1. The van der Waals surface area contributed by atoms with Crippen LogP contribution in [0.5, 0.6) is 0 Å². The number of nitrogens with zero attached hydrogens (tertiary/aromatic N) is 1. The highest BCUT2D eigenvalue weighted by molar-refractivity contribution is 4.73. The quantitative estimate of drug-likeness (QED) is 0.655. The monoisotopic (exact) mass is 230 g/mol. The second kappa shape index (κ2) is 8.97. The summed E-state index contributed by atoms with van der Waals surface area (Å²) in [6, 6.07) is 0.578. The zero-order chi connectivity index (χ0) is 12.6. The van der Waals surface area contributed by atoms with Crippen LogP contribution in [-0.4, -0.2) is 50.3 Å². The van der Waals surface area contributed by atoms with Gasteiger partial charge in [-0.05, 0) is 33.4 Å². The van der Waals surface area contributed by atoms with Crippen LogP contribution in [0.1, 0.15) is 34.6 Å². The first kappa shape index (κ1) is 15.9. The third-order valence-electron chi connectivity index (χ3n) is 2.70. The lowest BCUT2D eigenvalue weighted by molar-refractivity contribution is 0.0613. The topological polar surface area (TPSA) is 24.5 Å². The maximum Gasteiger partial charge on any atom is 0.0596 e. The van der Waals surface area contributed by atoms with Gasteiger partial charge in [0.15, 0.2) is 0 Å². The molecule has 0 amide bonds. The highest BCUT2D eigenvalue weighted by Gasteiger charge is 2.14. The maximum absolute atomic E-state index is 5.55. The first-order valence-electron chi connectivity index (χ1n) is 6.50. The lowest BCUT2D eigenvalue weighted by Crippen LogP contribution is -2.43. The maximum atomic E-state index is 5.55. The van der Waals surface area contributed by atoms with E-state index in [0.717, 1.165) is 26.2 Å². The van der Waals surface area contributed by atoms with Gasteiger partial charge in [-0.15, -0.1) is 0 Å². The van der Waals surface area contributed by atoms with Crippen LogP contribution >= 0.6 is 0 Å². The van der Waals surface area contributed by atoms with E-state index in [0.29, 0.717) is 18.1 Å². The fourth-order valence-corrected chi connectivity index (χ4v) is 1.64. The van der Waals surface area contributed by atoms with Gasteiger partial charge in [0.1, 0.15) is 0 Å². The fourth-order valence-electron chi connectivity index (χ4n) is 1.64. The number of nitrogens with one attached hydrogen (secondary N) is 1. The van der Waals surface area contributed by atoms with Crippen molar-refractivity contribution in [2.24, 2.45) is 5.92 Å². The number of likely N-dealkylation sites (N-methyl/N-ethyl adjacent to an activating group) is 2. The summed E-state index contributed by atoms with van der Waals surface area (Å²) >= 11 is 0. The van der Waals surface area contributed by atoms with Gasteiger partial charge in [-0.25, -0.2) is 0 Å². The zero-order valence-electron chi connectivity index (χ0n) is 11.9. The van der Waals surface area contributed by atoms with E-state index in [9.17, 15) is 0 Å². The Morgan fingerprint density at radius 2 is 1.81 bits per heavy atom. The van der Waals surface area contributed by atoms with Crippen LogP contribution in [0.2, 0.25) is 0 Å². The van der Waals surface area contributed by atoms with E-state index in [1.165, 1.54) is 0 Å². The van der Waals surface area contributed by atoms with Gasteiger partial charge < -0.3 is 15.0 Å². The minimum Gasteiger partial charge on any atom is -0.377 e. The predicted molar refractivity (Wildman–Crippen MR) is 70.9 cm³/mol. The molecule has 0 fully saturated rings. The molecule has 0 aliphatic rings. The van der Waals surface area contributed by atoms with E-state index in [1.807, 2.05) is 0 Å². The first-order chi connectivity index (χ1) is 7.47. The van der Waals surface area contributed by atoms with Gasteiger partial charge >= 0.3 is 0 Å². The Morgan fingerprint density at radius 1 is 1.19 bits per heavy atom. The molecule has 98 valence electrons. The highest BCUT2D eigenvalue weighted by Crippen LogP contribution is 2.03. The molecule has 0 saturated heterocycles. The highest BCUT2D eigenvalue weighted by atomic mass is 16.5. The fraction of sp³-hybridized carbons (Fsp3) is 1.00. The molecule has 0 aromatic rings. The molecule has 1 atom stereocenters. The van der Waals surface area contributed by atoms with E-state index in [2.05, 4.69) is 51.9 Å². The Bertz CT molecular complexity index is 160. The first-order valence-corrected chi connectivity index (χ1v) is 6.50. The predicted octanol–water partition coefficient (Wildman–Crippen LogP) is 1.98. The summed E-state index contributed by atoms with van der Waals surface area (Å²) in [4.78, 5) is 2.34. The van der Waals surface area contributed by atoms with Gasteiger partial charge in [-0.2, -0.15) is 0 Å². The molecule has 1 N–H and O–H groups in total. The normalized spacial score (nSPS) is 14.1. The van der Waals surface area contributed by atoms with Crippen molar-refractivity contribution in [2.45, 2.75) is 46.8 Å². The molecule has 1 unspecified atom stereocenters. The molecule has 0 aromatic heterocycles. The minimum absolute atomic E-state index is 0.336. The van der Waals surface area contributed by atoms with E-state index in [4.69, 9.17) is 4.74 Å². The molecule has 0 radical (unpaired) electrons. The number of rotatable bonds is 9. The molecule has 0 rings (SSSR count). The smallest absolute Gasteiger partial charge is 0.0596 e. The molecule has 0 spiro atoms. The Labute approximate surface area is 102 Å². The minimum atomic E-state index is 0.336. The van der Waals surface area contributed by atoms with Crippen molar-refractivity contribution >= 4 is 0 Å². The van der Waals surface area contributed by atoms with Gasteiger partial charge in [0.05, 0.1) is 12.7 Å². The van der Waals surface area contributed by atoms with Crippen LogP contribution in [0, 0.1) is 5.92 Å². The van der Waals surface area contributed by atoms with Crippen molar-refractivity contribution in [2.75, 3.05) is 33.3 Å². The zero-order valence-corrected chi connectivity index (χ0v) is 11.9. The summed E-state index contributed by atoms with van der Waals surface area (Å²) in [5.74, 6) is 0.674. The van der Waals surface area contributed by atoms with E-state index in [1.54, 1.807) is 0 Å². The SMILES string of the molecule is CCNC(CN(C)CCOC(C)C)C(C)C. The molecule has 0 heterocycles. The van der Waals surface area contributed by atoms with Gasteiger partial charge in [0.25, 0.3) is 0 Å². The third-order valence-corrected chi connectivity index (χ3v) is 2.70. The Hall–Kier alpha value is -0.120. The summed E-state index contributed by atoms with van der Waals surface area (Å²) in [5.41, 5.74) is 0. The van der Waals surface area contributed by atoms with Crippen LogP contribution in [-0.2, 0) is 4.74 Å². The Balaban J connectivity index is 3.76. The van der Waals surface area contributed by atoms with E-state index in [-0.39, 0.29) is 0 Å². The van der Waals surface area contributed by atoms with Crippen molar-refractivity contribution in [3.63, 3.8) is 0 Å². The van der Waals surface area contributed by atoms with Gasteiger partial charge in [-0.1, -0.05) is 20.8 Å². The summed E-state index contributed by atoms with van der Waals surface area (Å²) < 4.78 is 5.55. The van der Waals surface area contributed by atoms with Crippen LogP contribution < -0.4 is 5.32 Å². The van der Waals surface area contributed by atoms with Crippen LogP contribution in [0.25, 0.3) is 0 Å². The standard InChI is InChI=1S/C13H30N2O/c1-7-14-13(11(2)3)10-15(6)8-9-16-12(4)5/h11-14H,7-10H2,1-6H3. The molecule has 16 heavy (non-hydrogen) atoms. The van der Waals surface area contributed by atoms with Crippen LogP contribution in [0.15, 0.2) is 0 Å². The second-order valence-corrected chi connectivity index (χ2v) is 5.09. The molecule has 0 bridgehead atoms. The molecular formula is C13H30N2O. The molecule has 0 aliphatic carbocycles. The Morgan fingerprint density at radius 3 is 2.25 bits per heavy atom.